The summed E-state index contributed by atoms with van der Waals surface area (Å²) in [5, 5.41) is 0. The van der Waals surface area contributed by atoms with Crippen molar-refractivity contribution in [2.45, 2.75) is 157 Å². The molecule has 0 bridgehead atoms. The van der Waals surface area contributed by atoms with E-state index in [1.165, 1.54) is 126 Å². The highest BCUT2D eigenvalue weighted by Gasteiger charge is 2.31. The van der Waals surface area contributed by atoms with Gasteiger partial charge in [0.1, 0.15) is 17.5 Å². The number of aryl methyl sites for hydroxylation is 6. The Morgan fingerprint density at radius 3 is 1.49 bits per heavy atom. The molecule has 1 aromatic carbocycles. The van der Waals surface area contributed by atoms with Crippen molar-refractivity contribution in [1.82, 2.24) is 74.3 Å². The van der Waals surface area contributed by atoms with E-state index in [-0.39, 0.29) is 0 Å². The molecule has 0 amide bonds. The van der Waals surface area contributed by atoms with Crippen molar-refractivity contribution in [3.05, 3.63) is 138 Å². The molecular formula is C73H113N19. The van der Waals surface area contributed by atoms with Gasteiger partial charge in [-0.05, 0) is 184 Å². The number of rotatable bonds is 12. The molecule has 500 valence electrons. The molecule has 19 nitrogen and oxygen atoms in total. The molecule has 0 radical (unpaired) electrons. The molecule has 6 fully saturated rings. The fourth-order valence-electron chi connectivity index (χ4n) is 12.8. The highest BCUT2D eigenvalue weighted by atomic mass is 15.3. The quantitative estimate of drug-likeness (QED) is 0.114. The first-order chi connectivity index (χ1) is 44.5. The standard InChI is InChI=1S/C15H22N2.C13H22N4.C12H19N3.C11H18N4.C11H15N3.C11H17N3/c1-13-3-5-14(6-4-13)16-9-2-10-17(12-11-16)15-7-8-15;1-4-16(5-2)12-6-7-17(10-12)13-9-14-11(3)8-15-13;1-10-8-14-12(9-13-10)11-4-3-6-15(2)7-5-11;1-9-6-13-11(7-12-9)15-5-4-10(8-15)14(2)3;1-9-7-13-11(8-12-9)10-3-5-14(2)6-4-10;1-3-10-4-5-14(8-10)11-7-12-9(2)6-13-11/h3-6,15H,2,7-12H2,1H3;8-9,12H,4-7,10H2,1-3H3;8-9,11H,3-7H2,1-2H3;6-7,10H,4-5,8H2,1-3H3;3,7-8H,4-6H2,1-2H3;6-7,10H,3-5,8H2,1-2H3. The minimum Gasteiger partial charge on any atom is -0.370 e. The Hall–Kier alpha value is -6.64. The number of benzene rings is 1. The van der Waals surface area contributed by atoms with E-state index in [9.17, 15) is 0 Å². The van der Waals surface area contributed by atoms with Crippen LogP contribution < -0.4 is 19.6 Å². The van der Waals surface area contributed by atoms with Crippen LogP contribution >= 0.6 is 0 Å². The summed E-state index contributed by atoms with van der Waals surface area (Å²) in [7, 11) is 8.60. The van der Waals surface area contributed by atoms with Crippen molar-refractivity contribution < 1.29 is 0 Å². The minimum absolute atomic E-state index is 0.614. The molecule has 92 heavy (non-hydrogen) atoms. The van der Waals surface area contributed by atoms with Crippen molar-refractivity contribution in [2.24, 2.45) is 5.92 Å². The van der Waals surface area contributed by atoms with Crippen LogP contribution in [-0.4, -0.2) is 225 Å². The Kier molecular flexibility index (Phi) is 28.4. The zero-order valence-corrected chi connectivity index (χ0v) is 58.6. The Labute approximate surface area is 553 Å². The van der Waals surface area contributed by atoms with Crippen LogP contribution in [0.5, 0.6) is 0 Å². The van der Waals surface area contributed by atoms with Gasteiger partial charge in [0, 0.05) is 127 Å². The Bertz CT molecular complexity index is 3050. The van der Waals surface area contributed by atoms with E-state index in [0.717, 1.165) is 135 Å². The van der Waals surface area contributed by atoms with Crippen LogP contribution in [0.2, 0.25) is 0 Å². The maximum absolute atomic E-state index is 4.49. The number of hydrogen-bond donors (Lipinski definition) is 0. The van der Waals surface area contributed by atoms with Gasteiger partial charge in [-0.2, -0.15) is 0 Å². The third-order valence-electron chi connectivity index (χ3n) is 19.2. The summed E-state index contributed by atoms with van der Waals surface area (Å²) in [6, 6.07) is 11.2. The molecule has 1 aliphatic carbocycles. The van der Waals surface area contributed by atoms with Gasteiger partial charge >= 0.3 is 0 Å². The van der Waals surface area contributed by atoms with Gasteiger partial charge in [0.2, 0.25) is 0 Å². The highest BCUT2D eigenvalue weighted by molar-refractivity contribution is 5.63. The SMILES string of the molecule is CCC1CCN(c2cnc(C)cn2)C1.CCN(CC)C1CCN(c2cnc(C)cn2)C1.Cc1ccc(N2CCCN(C3CC3)CC2)cc1.Cc1cnc(C2=CCN(C)CC2)cn1.Cc1cnc(C2CCCN(C)CC2)cn1.Cc1cnc(N2CCC(N(C)C)C2)cn1. The van der Waals surface area contributed by atoms with Gasteiger partial charge in [-0.25, -0.2) is 15.0 Å². The molecule has 6 aliphatic heterocycles. The lowest BCUT2D eigenvalue weighted by Gasteiger charge is -2.26. The molecule has 0 N–H and O–H groups in total. The van der Waals surface area contributed by atoms with Crippen LogP contribution in [0.1, 0.15) is 143 Å². The molecule has 4 unspecified atom stereocenters. The third-order valence-corrected chi connectivity index (χ3v) is 19.2. The summed E-state index contributed by atoms with van der Waals surface area (Å²) >= 11 is 0. The van der Waals surface area contributed by atoms with Crippen LogP contribution in [-0.2, 0) is 0 Å². The number of hydrogen-bond acceptors (Lipinski definition) is 19. The average Bonchev–Trinajstić information content (AvgIpc) is 2.11. The average molecular weight is 1260 g/mol. The van der Waals surface area contributed by atoms with Crippen molar-refractivity contribution in [2.75, 3.05) is 153 Å². The molecule has 0 spiro atoms. The summed E-state index contributed by atoms with van der Waals surface area (Å²) in [5.41, 5.74) is 11.2. The molecule has 13 rings (SSSR count). The number of aromatic nitrogens is 10. The molecular weight excluding hydrogens is 1140 g/mol. The number of anilines is 4. The first-order valence-corrected chi connectivity index (χ1v) is 34.7. The zero-order chi connectivity index (χ0) is 65.4. The Balaban J connectivity index is 0.000000142. The first kappa shape index (κ1) is 71.2. The lowest BCUT2D eigenvalue weighted by Crippen LogP contribution is -2.37. The topological polar surface area (TPSA) is 158 Å². The van der Waals surface area contributed by atoms with E-state index >= 15 is 0 Å². The molecule has 7 aliphatic rings. The van der Waals surface area contributed by atoms with E-state index < -0.39 is 0 Å². The van der Waals surface area contributed by atoms with Crippen LogP contribution in [0.4, 0.5) is 23.1 Å². The van der Waals surface area contributed by atoms with E-state index in [1.807, 2.05) is 96.6 Å². The summed E-state index contributed by atoms with van der Waals surface area (Å²) < 4.78 is 0. The smallest absolute Gasteiger partial charge is 0.147 e. The van der Waals surface area contributed by atoms with E-state index in [0.29, 0.717) is 18.0 Å². The van der Waals surface area contributed by atoms with Crippen molar-refractivity contribution in [3.8, 4) is 0 Å². The molecule has 5 aromatic heterocycles. The number of likely N-dealkylation sites (N-methyl/N-ethyl adjacent to an activating group) is 3. The first-order valence-electron chi connectivity index (χ1n) is 34.7. The maximum atomic E-state index is 4.49. The van der Waals surface area contributed by atoms with E-state index in [4.69, 9.17) is 0 Å². The molecule has 11 heterocycles. The third kappa shape index (κ3) is 22.8. The molecule has 19 heteroatoms. The van der Waals surface area contributed by atoms with Crippen molar-refractivity contribution >= 4 is 28.7 Å². The van der Waals surface area contributed by atoms with Crippen LogP contribution in [0, 0.1) is 47.5 Å². The van der Waals surface area contributed by atoms with Gasteiger partial charge in [-0.15, -0.1) is 0 Å². The second kappa shape index (κ2) is 36.7. The summed E-state index contributed by atoms with van der Waals surface area (Å²) in [4.78, 5) is 65.3. The van der Waals surface area contributed by atoms with Gasteiger partial charge in [0.25, 0.3) is 0 Å². The van der Waals surface area contributed by atoms with Crippen molar-refractivity contribution in [3.63, 3.8) is 0 Å². The highest BCUT2D eigenvalue weighted by Crippen LogP contribution is 2.30. The van der Waals surface area contributed by atoms with E-state index in [2.05, 4.69) is 180 Å². The normalized spacial score (nSPS) is 21.3. The van der Waals surface area contributed by atoms with Crippen molar-refractivity contribution in [1.29, 1.82) is 0 Å². The van der Waals surface area contributed by atoms with Crippen LogP contribution in [0.15, 0.2) is 92.3 Å². The molecule has 5 saturated heterocycles. The molecule has 1 saturated carbocycles. The zero-order valence-electron chi connectivity index (χ0n) is 58.6. The predicted octanol–water partition coefficient (Wildman–Crippen LogP) is 10.8. The minimum atomic E-state index is 0.614. The lowest BCUT2D eigenvalue weighted by molar-refractivity contribution is 0.232. The summed E-state index contributed by atoms with van der Waals surface area (Å²) in [6.45, 7) is 37.1. The molecule has 4 atom stereocenters. The second-order valence-corrected chi connectivity index (χ2v) is 26.8. The summed E-state index contributed by atoms with van der Waals surface area (Å²) in [6.07, 6.45) is 34.9. The Morgan fingerprint density at radius 2 is 1.00 bits per heavy atom. The summed E-state index contributed by atoms with van der Waals surface area (Å²) in [5.74, 6) is 4.52. The second-order valence-electron chi connectivity index (χ2n) is 26.8. The van der Waals surface area contributed by atoms with Gasteiger partial charge in [0.15, 0.2) is 0 Å². The number of nitrogens with zero attached hydrogens (tertiary/aromatic N) is 19. The maximum Gasteiger partial charge on any atom is 0.147 e. The van der Waals surface area contributed by atoms with Crippen LogP contribution in [0.25, 0.3) is 5.57 Å². The van der Waals surface area contributed by atoms with Gasteiger partial charge in [0.05, 0.1) is 83.2 Å². The predicted molar refractivity (Wildman–Crippen MR) is 379 cm³/mol. The number of likely N-dealkylation sites (tertiary alicyclic amines) is 1. The largest absolute Gasteiger partial charge is 0.370 e. The van der Waals surface area contributed by atoms with Gasteiger partial charge in [-0.1, -0.05) is 51.0 Å². The monoisotopic (exact) mass is 1260 g/mol. The van der Waals surface area contributed by atoms with Crippen LogP contribution in [0.3, 0.4) is 0 Å². The van der Waals surface area contributed by atoms with Gasteiger partial charge in [-0.3, -0.25) is 44.7 Å². The van der Waals surface area contributed by atoms with Gasteiger partial charge < -0.3 is 34.3 Å². The lowest BCUT2D eigenvalue weighted by atomic mass is 9.97. The Morgan fingerprint density at radius 1 is 0.446 bits per heavy atom. The molecule has 6 aromatic rings. The fourth-order valence-corrected chi connectivity index (χ4v) is 12.8. The fraction of sp³-hybridized carbons (Fsp3) is 0.616. The van der Waals surface area contributed by atoms with E-state index in [1.54, 1.807) is 0 Å².